The quantitative estimate of drug-likeness (QED) is 0.211. The molecule has 4 heteroatoms. The van der Waals surface area contributed by atoms with Gasteiger partial charge in [0, 0.05) is 17.3 Å². The lowest BCUT2D eigenvalue weighted by Gasteiger charge is -2.24. The fourth-order valence-electron chi connectivity index (χ4n) is 5.93. The van der Waals surface area contributed by atoms with Gasteiger partial charge in [0.25, 0.3) is 0 Å². The van der Waals surface area contributed by atoms with Crippen molar-refractivity contribution in [1.82, 2.24) is 9.38 Å². The zero-order chi connectivity index (χ0) is 27.2. The molecule has 0 aliphatic carbocycles. The van der Waals surface area contributed by atoms with Crippen LogP contribution < -0.4 is 20.7 Å². The molecular weight excluding hydrogens is 507 g/mol. The van der Waals surface area contributed by atoms with E-state index in [1.807, 2.05) is 6.07 Å². The standard InChI is InChI=1S/C36H29N2OP/c1-24-22-25(2)38-32-23-27(39-3)19-20-31(32)37-35(36(24)38)34-30-17-11-10-12-26(30)18-21-33(34)40(28-13-6-4-7-14-28)29-15-8-5-9-16-29/h4-23H,1-3H3. The molecule has 7 aromatic rings. The second kappa shape index (κ2) is 9.93. The van der Waals surface area contributed by atoms with E-state index in [1.54, 1.807) is 7.11 Å². The summed E-state index contributed by atoms with van der Waals surface area (Å²) in [4.78, 5) is 5.44. The summed E-state index contributed by atoms with van der Waals surface area (Å²) in [5.74, 6) is 0.830. The number of nitrogens with zero attached hydrogens (tertiary/aromatic N) is 2. The molecule has 0 unspecified atom stereocenters. The number of rotatable bonds is 5. The molecule has 194 valence electrons. The van der Waals surface area contributed by atoms with E-state index < -0.39 is 7.92 Å². The van der Waals surface area contributed by atoms with E-state index in [-0.39, 0.29) is 0 Å². The number of aromatic nitrogens is 2. The van der Waals surface area contributed by atoms with Crippen LogP contribution in [0.1, 0.15) is 11.3 Å². The van der Waals surface area contributed by atoms with Gasteiger partial charge in [-0.05, 0) is 72.2 Å². The van der Waals surface area contributed by atoms with Crippen molar-refractivity contribution in [2.75, 3.05) is 7.11 Å². The highest BCUT2D eigenvalue weighted by atomic mass is 31.1. The monoisotopic (exact) mass is 536 g/mol. The van der Waals surface area contributed by atoms with Crippen molar-refractivity contribution in [3.8, 4) is 17.0 Å². The van der Waals surface area contributed by atoms with Crippen LogP contribution in [-0.2, 0) is 0 Å². The number of aryl methyl sites for hydroxylation is 2. The summed E-state index contributed by atoms with van der Waals surface area (Å²) in [6.07, 6.45) is 0. The Labute approximate surface area is 235 Å². The average Bonchev–Trinajstić information content (AvgIpc) is 3.31. The van der Waals surface area contributed by atoms with Gasteiger partial charge in [-0.25, -0.2) is 4.98 Å². The van der Waals surface area contributed by atoms with E-state index in [0.717, 1.165) is 28.0 Å². The van der Waals surface area contributed by atoms with Crippen LogP contribution in [0.5, 0.6) is 5.75 Å². The molecule has 0 saturated heterocycles. The molecule has 0 amide bonds. The Morgan fingerprint density at radius 3 is 2.08 bits per heavy atom. The van der Waals surface area contributed by atoms with Gasteiger partial charge in [0.1, 0.15) is 5.75 Å². The van der Waals surface area contributed by atoms with Crippen LogP contribution >= 0.6 is 7.92 Å². The van der Waals surface area contributed by atoms with E-state index in [9.17, 15) is 0 Å². The molecule has 2 aromatic heterocycles. The minimum Gasteiger partial charge on any atom is -0.497 e. The lowest BCUT2D eigenvalue weighted by Crippen LogP contribution is -2.22. The minimum absolute atomic E-state index is 0.830. The largest absolute Gasteiger partial charge is 0.497 e. The Morgan fingerprint density at radius 1 is 0.700 bits per heavy atom. The summed E-state index contributed by atoms with van der Waals surface area (Å²) in [5.41, 5.74) is 7.78. The lowest BCUT2D eigenvalue weighted by molar-refractivity contribution is 0.415. The zero-order valence-corrected chi connectivity index (χ0v) is 23.7. The number of hydrogen-bond donors (Lipinski definition) is 0. The minimum atomic E-state index is -0.842. The highest BCUT2D eigenvalue weighted by Crippen LogP contribution is 2.42. The number of benzene rings is 5. The predicted octanol–water partition coefficient (Wildman–Crippen LogP) is 7.69. The van der Waals surface area contributed by atoms with E-state index in [1.165, 1.54) is 43.5 Å². The number of methoxy groups -OCH3 is 1. The van der Waals surface area contributed by atoms with Crippen LogP contribution in [0.3, 0.4) is 0 Å². The number of ether oxygens (including phenoxy) is 1. The molecule has 2 heterocycles. The summed E-state index contributed by atoms with van der Waals surface area (Å²) >= 11 is 0. The first-order valence-electron chi connectivity index (χ1n) is 13.5. The van der Waals surface area contributed by atoms with Crippen molar-refractivity contribution in [3.63, 3.8) is 0 Å². The first-order valence-corrected chi connectivity index (χ1v) is 14.9. The third-order valence-corrected chi connectivity index (χ3v) is 10.2. The highest BCUT2D eigenvalue weighted by molar-refractivity contribution is 7.80. The average molecular weight is 537 g/mol. The Hall–Kier alpha value is -4.46. The topological polar surface area (TPSA) is 26.5 Å². The van der Waals surface area contributed by atoms with Gasteiger partial charge in [0.05, 0.1) is 29.4 Å². The van der Waals surface area contributed by atoms with Crippen molar-refractivity contribution < 1.29 is 4.74 Å². The zero-order valence-electron chi connectivity index (χ0n) is 22.8. The lowest BCUT2D eigenvalue weighted by atomic mass is 10.00. The second-order valence-corrected chi connectivity index (χ2v) is 12.3. The van der Waals surface area contributed by atoms with Crippen LogP contribution in [0, 0.1) is 13.8 Å². The summed E-state index contributed by atoms with van der Waals surface area (Å²) in [5, 5.41) is 6.40. The summed E-state index contributed by atoms with van der Waals surface area (Å²) in [6.45, 7) is 4.37. The van der Waals surface area contributed by atoms with Crippen molar-refractivity contribution in [2.45, 2.75) is 13.8 Å². The molecule has 0 aliphatic heterocycles. The van der Waals surface area contributed by atoms with Gasteiger partial charge in [0.2, 0.25) is 0 Å². The molecule has 0 bridgehead atoms. The normalized spacial score (nSPS) is 11.6. The van der Waals surface area contributed by atoms with Gasteiger partial charge < -0.3 is 9.14 Å². The fraction of sp³-hybridized carbons (Fsp3) is 0.0833. The molecule has 5 aromatic carbocycles. The SMILES string of the molecule is COc1ccc2nc(-c3c(P(c4ccccc4)c4ccccc4)ccc4ccccc34)c3c(C)cc(C)n3c2c1. The Morgan fingerprint density at radius 2 is 1.38 bits per heavy atom. The molecule has 0 spiro atoms. The Bertz CT molecular complexity index is 1970. The maximum atomic E-state index is 5.60. The van der Waals surface area contributed by atoms with Crippen molar-refractivity contribution in [2.24, 2.45) is 0 Å². The third-order valence-electron chi connectivity index (χ3n) is 7.67. The maximum absolute atomic E-state index is 5.60. The number of hydrogen-bond acceptors (Lipinski definition) is 2. The van der Waals surface area contributed by atoms with E-state index >= 15 is 0 Å². The third kappa shape index (κ3) is 3.97. The summed E-state index contributed by atoms with van der Waals surface area (Å²) < 4.78 is 7.96. The van der Waals surface area contributed by atoms with Crippen LogP contribution in [0.15, 0.2) is 121 Å². The molecule has 0 N–H and O–H groups in total. The van der Waals surface area contributed by atoms with Gasteiger partial charge in [-0.15, -0.1) is 0 Å². The van der Waals surface area contributed by atoms with Crippen molar-refractivity contribution in [1.29, 1.82) is 0 Å². The molecule has 40 heavy (non-hydrogen) atoms. The summed E-state index contributed by atoms with van der Waals surface area (Å²) in [7, 11) is 0.872. The van der Waals surface area contributed by atoms with Crippen LogP contribution in [0.25, 0.3) is 38.6 Å². The van der Waals surface area contributed by atoms with Gasteiger partial charge in [-0.2, -0.15) is 0 Å². The van der Waals surface area contributed by atoms with E-state index in [4.69, 9.17) is 9.72 Å². The number of fused-ring (bicyclic) bond motifs is 4. The maximum Gasteiger partial charge on any atom is 0.121 e. The van der Waals surface area contributed by atoms with E-state index in [0.29, 0.717) is 0 Å². The highest BCUT2D eigenvalue weighted by Gasteiger charge is 2.25. The van der Waals surface area contributed by atoms with Crippen molar-refractivity contribution in [3.05, 3.63) is 133 Å². The molecular formula is C36H29N2OP. The molecule has 0 fully saturated rings. The van der Waals surface area contributed by atoms with Gasteiger partial charge >= 0.3 is 0 Å². The van der Waals surface area contributed by atoms with Gasteiger partial charge in [-0.3, -0.25) is 0 Å². The predicted molar refractivity (Wildman–Crippen MR) is 170 cm³/mol. The van der Waals surface area contributed by atoms with Crippen LogP contribution in [0.2, 0.25) is 0 Å². The molecule has 0 atom stereocenters. The van der Waals surface area contributed by atoms with Gasteiger partial charge in [0.15, 0.2) is 0 Å². The molecule has 0 saturated carbocycles. The Kier molecular flexibility index (Phi) is 6.10. The molecule has 3 nitrogen and oxygen atoms in total. The van der Waals surface area contributed by atoms with Gasteiger partial charge in [-0.1, -0.05) is 97.1 Å². The molecule has 0 radical (unpaired) electrons. The smallest absolute Gasteiger partial charge is 0.121 e. The van der Waals surface area contributed by atoms with Crippen LogP contribution in [-0.4, -0.2) is 16.5 Å². The van der Waals surface area contributed by atoms with E-state index in [2.05, 4.69) is 134 Å². The Balaban J connectivity index is 1.64. The first kappa shape index (κ1) is 24.6. The second-order valence-electron chi connectivity index (χ2n) is 10.2. The molecule has 0 aliphatic rings. The van der Waals surface area contributed by atoms with Crippen molar-refractivity contribution >= 4 is 51.2 Å². The summed E-state index contributed by atoms with van der Waals surface area (Å²) in [6, 6.07) is 43.6. The molecule has 7 rings (SSSR count). The van der Waals surface area contributed by atoms with Crippen LogP contribution in [0.4, 0.5) is 0 Å². The fourth-order valence-corrected chi connectivity index (χ4v) is 8.40. The first-order chi connectivity index (χ1) is 19.6.